The summed E-state index contributed by atoms with van der Waals surface area (Å²) in [6, 6.07) is 5.96. The second kappa shape index (κ2) is 8.86. The van der Waals surface area contributed by atoms with Crippen LogP contribution < -0.4 is 5.32 Å². The van der Waals surface area contributed by atoms with E-state index in [-0.39, 0.29) is 42.1 Å². The summed E-state index contributed by atoms with van der Waals surface area (Å²) in [7, 11) is 0. The van der Waals surface area contributed by atoms with Crippen LogP contribution in [0.1, 0.15) is 30.8 Å². The zero-order chi connectivity index (χ0) is 18.2. The highest BCUT2D eigenvalue weighted by Crippen LogP contribution is 2.13. The SMILES string of the molecule is CC(C)CN(CCC(=O)Nc1ccccc1F)C(=O)c1cnccn1. The Labute approximate surface area is 146 Å². The Morgan fingerprint density at radius 3 is 2.64 bits per heavy atom. The smallest absolute Gasteiger partial charge is 0.274 e. The first-order valence-corrected chi connectivity index (χ1v) is 8.07. The summed E-state index contributed by atoms with van der Waals surface area (Å²) in [5.41, 5.74) is 0.362. The molecule has 0 aliphatic heterocycles. The molecule has 0 fully saturated rings. The van der Waals surface area contributed by atoms with Crippen LogP contribution >= 0.6 is 0 Å². The molecule has 7 heteroatoms. The van der Waals surface area contributed by atoms with Crippen LogP contribution in [0.15, 0.2) is 42.9 Å². The van der Waals surface area contributed by atoms with E-state index in [1.54, 1.807) is 17.0 Å². The molecule has 6 nitrogen and oxygen atoms in total. The average molecular weight is 344 g/mol. The fraction of sp³-hybridized carbons (Fsp3) is 0.333. The second-order valence-electron chi connectivity index (χ2n) is 6.01. The van der Waals surface area contributed by atoms with Crippen molar-refractivity contribution in [2.75, 3.05) is 18.4 Å². The van der Waals surface area contributed by atoms with E-state index < -0.39 is 5.82 Å². The number of hydrogen-bond donors (Lipinski definition) is 1. The molecule has 0 bridgehead atoms. The van der Waals surface area contributed by atoms with Crippen LogP contribution in [0, 0.1) is 11.7 Å². The summed E-state index contributed by atoms with van der Waals surface area (Å²) in [5, 5.41) is 2.52. The van der Waals surface area contributed by atoms with Crippen LogP contribution in [0.5, 0.6) is 0 Å². The highest BCUT2D eigenvalue weighted by Gasteiger charge is 2.19. The zero-order valence-corrected chi connectivity index (χ0v) is 14.3. The molecule has 0 spiro atoms. The van der Waals surface area contributed by atoms with Crippen molar-refractivity contribution < 1.29 is 14.0 Å². The van der Waals surface area contributed by atoms with Gasteiger partial charge >= 0.3 is 0 Å². The Balaban J connectivity index is 1.99. The Kier molecular flexibility index (Phi) is 6.56. The molecule has 2 amide bonds. The Morgan fingerprint density at radius 1 is 1.24 bits per heavy atom. The van der Waals surface area contributed by atoms with E-state index in [9.17, 15) is 14.0 Å². The number of amides is 2. The quantitative estimate of drug-likeness (QED) is 0.838. The van der Waals surface area contributed by atoms with Crippen LogP contribution in [-0.4, -0.2) is 39.8 Å². The van der Waals surface area contributed by atoms with E-state index in [1.807, 2.05) is 13.8 Å². The van der Waals surface area contributed by atoms with Gasteiger partial charge in [-0.25, -0.2) is 9.37 Å². The van der Waals surface area contributed by atoms with Crippen LogP contribution in [-0.2, 0) is 4.79 Å². The van der Waals surface area contributed by atoms with Crippen molar-refractivity contribution in [1.29, 1.82) is 0 Å². The summed E-state index contributed by atoms with van der Waals surface area (Å²) in [5.74, 6) is -0.896. The van der Waals surface area contributed by atoms with Crippen molar-refractivity contribution in [2.24, 2.45) is 5.92 Å². The molecule has 0 radical (unpaired) electrons. The minimum absolute atomic E-state index is 0.0626. The molecule has 25 heavy (non-hydrogen) atoms. The number of carbonyl (C=O) groups excluding carboxylic acids is 2. The van der Waals surface area contributed by atoms with E-state index in [0.29, 0.717) is 6.54 Å². The van der Waals surface area contributed by atoms with Crippen molar-refractivity contribution in [3.05, 3.63) is 54.4 Å². The first-order valence-electron chi connectivity index (χ1n) is 8.07. The predicted octanol–water partition coefficient (Wildman–Crippen LogP) is 2.74. The lowest BCUT2D eigenvalue weighted by Crippen LogP contribution is -2.37. The van der Waals surface area contributed by atoms with E-state index in [1.165, 1.54) is 30.7 Å². The van der Waals surface area contributed by atoms with E-state index in [0.717, 1.165) is 0 Å². The van der Waals surface area contributed by atoms with Crippen molar-refractivity contribution in [3.63, 3.8) is 0 Å². The number of hydrogen-bond acceptors (Lipinski definition) is 4. The maximum atomic E-state index is 13.6. The zero-order valence-electron chi connectivity index (χ0n) is 14.3. The molecule has 0 atom stereocenters. The standard InChI is InChI=1S/C18H21FN4O2/c1-13(2)12-23(18(25)16-11-20-8-9-21-16)10-7-17(24)22-15-6-4-3-5-14(15)19/h3-6,8-9,11,13H,7,10,12H2,1-2H3,(H,22,24). The second-order valence-corrected chi connectivity index (χ2v) is 6.01. The van der Waals surface area contributed by atoms with Gasteiger partial charge in [-0.3, -0.25) is 14.6 Å². The predicted molar refractivity (Wildman–Crippen MR) is 92.4 cm³/mol. The van der Waals surface area contributed by atoms with Gasteiger partial charge in [0.25, 0.3) is 5.91 Å². The van der Waals surface area contributed by atoms with Gasteiger partial charge in [-0.15, -0.1) is 0 Å². The van der Waals surface area contributed by atoms with Crippen LogP contribution in [0.2, 0.25) is 0 Å². The first kappa shape index (κ1) is 18.5. The molecule has 0 aliphatic carbocycles. The van der Waals surface area contributed by atoms with Crippen molar-refractivity contribution >= 4 is 17.5 Å². The van der Waals surface area contributed by atoms with Gasteiger partial charge in [0.15, 0.2) is 0 Å². The van der Waals surface area contributed by atoms with Crippen LogP contribution in [0.4, 0.5) is 10.1 Å². The molecule has 2 rings (SSSR count). The summed E-state index contributed by atoms with van der Waals surface area (Å²) in [6.45, 7) is 4.67. The van der Waals surface area contributed by atoms with Gasteiger partial charge in [0.05, 0.1) is 11.9 Å². The fourth-order valence-corrected chi connectivity index (χ4v) is 2.30. The van der Waals surface area contributed by atoms with Gasteiger partial charge in [0.2, 0.25) is 5.91 Å². The maximum Gasteiger partial charge on any atom is 0.274 e. The number of rotatable bonds is 7. The molecule has 0 unspecified atom stereocenters. The van der Waals surface area contributed by atoms with Crippen molar-refractivity contribution in [2.45, 2.75) is 20.3 Å². The number of aromatic nitrogens is 2. The number of halogens is 1. The highest BCUT2D eigenvalue weighted by molar-refractivity contribution is 5.93. The number of nitrogens with zero attached hydrogens (tertiary/aromatic N) is 3. The average Bonchev–Trinajstić information content (AvgIpc) is 2.60. The van der Waals surface area contributed by atoms with Gasteiger partial charge < -0.3 is 10.2 Å². The molecule has 1 aromatic carbocycles. The third-order valence-corrected chi connectivity index (χ3v) is 3.41. The first-order chi connectivity index (χ1) is 12.0. The minimum atomic E-state index is -0.495. The summed E-state index contributed by atoms with van der Waals surface area (Å²) in [6.07, 6.45) is 4.40. The molecule has 1 aromatic heterocycles. The third kappa shape index (κ3) is 5.63. The number of anilines is 1. The van der Waals surface area contributed by atoms with E-state index in [4.69, 9.17) is 0 Å². The van der Waals surface area contributed by atoms with Gasteiger partial charge in [-0.1, -0.05) is 26.0 Å². The molecule has 0 saturated carbocycles. The van der Waals surface area contributed by atoms with Gasteiger partial charge in [-0.2, -0.15) is 0 Å². The molecular weight excluding hydrogens is 323 g/mol. The normalized spacial score (nSPS) is 10.6. The number of nitrogens with one attached hydrogen (secondary N) is 1. The lowest BCUT2D eigenvalue weighted by molar-refractivity contribution is -0.116. The topological polar surface area (TPSA) is 75.2 Å². The van der Waals surface area contributed by atoms with Crippen molar-refractivity contribution in [1.82, 2.24) is 14.9 Å². The molecule has 0 aliphatic rings. The minimum Gasteiger partial charge on any atom is -0.336 e. The van der Waals surface area contributed by atoms with E-state index >= 15 is 0 Å². The molecule has 1 heterocycles. The summed E-state index contributed by atoms with van der Waals surface area (Å²) >= 11 is 0. The molecular formula is C18H21FN4O2. The van der Waals surface area contributed by atoms with Crippen LogP contribution in [0.3, 0.4) is 0 Å². The lowest BCUT2D eigenvalue weighted by atomic mass is 10.2. The Hall–Kier alpha value is -2.83. The maximum absolute atomic E-state index is 13.6. The van der Waals surface area contributed by atoms with E-state index in [2.05, 4.69) is 15.3 Å². The highest BCUT2D eigenvalue weighted by atomic mass is 19.1. The van der Waals surface area contributed by atoms with Crippen LogP contribution in [0.25, 0.3) is 0 Å². The molecule has 1 N–H and O–H groups in total. The fourth-order valence-electron chi connectivity index (χ4n) is 2.30. The Bertz CT molecular complexity index is 722. The molecule has 2 aromatic rings. The summed E-state index contributed by atoms with van der Waals surface area (Å²) in [4.78, 5) is 34.1. The lowest BCUT2D eigenvalue weighted by Gasteiger charge is -2.24. The largest absolute Gasteiger partial charge is 0.336 e. The monoisotopic (exact) mass is 344 g/mol. The molecule has 132 valence electrons. The van der Waals surface area contributed by atoms with Crippen molar-refractivity contribution in [3.8, 4) is 0 Å². The van der Waals surface area contributed by atoms with Gasteiger partial charge in [-0.05, 0) is 18.1 Å². The number of carbonyl (C=O) groups is 2. The van der Waals surface area contributed by atoms with Gasteiger partial charge in [0.1, 0.15) is 11.5 Å². The number of benzene rings is 1. The Morgan fingerprint density at radius 2 is 2.00 bits per heavy atom. The number of para-hydroxylation sites is 1. The summed E-state index contributed by atoms with van der Waals surface area (Å²) < 4.78 is 13.6. The third-order valence-electron chi connectivity index (χ3n) is 3.41. The molecule has 0 saturated heterocycles. The van der Waals surface area contributed by atoms with Gasteiger partial charge in [0, 0.05) is 31.9 Å².